The summed E-state index contributed by atoms with van der Waals surface area (Å²) in [5, 5.41) is 1.20. The maximum Gasteiger partial charge on any atom is 0.262 e. The van der Waals surface area contributed by atoms with Crippen molar-refractivity contribution in [2.45, 2.75) is 24.5 Å². The summed E-state index contributed by atoms with van der Waals surface area (Å²) < 4.78 is 6.88. The second-order valence-corrected chi connectivity index (χ2v) is 10.1. The van der Waals surface area contributed by atoms with Crippen molar-refractivity contribution in [3.63, 3.8) is 0 Å². The van der Waals surface area contributed by atoms with Gasteiger partial charge in [0.2, 0.25) is 5.91 Å². The Labute approximate surface area is 206 Å². The number of thiophene rings is 1. The molecule has 0 bridgehead atoms. The number of rotatable bonds is 8. The van der Waals surface area contributed by atoms with Crippen molar-refractivity contribution in [1.82, 2.24) is 9.55 Å². The number of hydrogen-bond donors (Lipinski definition) is 0. The van der Waals surface area contributed by atoms with E-state index in [2.05, 4.69) is 6.07 Å². The Bertz CT molecular complexity index is 1380. The van der Waals surface area contributed by atoms with Gasteiger partial charge in [0.05, 0.1) is 11.1 Å². The van der Waals surface area contributed by atoms with Gasteiger partial charge in [0, 0.05) is 37.4 Å². The summed E-state index contributed by atoms with van der Waals surface area (Å²) in [6.07, 6.45) is 1.57. The normalized spacial score (nSPS) is 12.9. The van der Waals surface area contributed by atoms with Gasteiger partial charge in [-0.1, -0.05) is 60.3 Å². The van der Waals surface area contributed by atoms with Gasteiger partial charge >= 0.3 is 0 Å². The zero-order chi connectivity index (χ0) is 23.5. The van der Waals surface area contributed by atoms with Crippen LogP contribution in [0.15, 0.2) is 70.6 Å². The number of anilines is 1. The van der Waals surface area contributed by atoms with E-state index in [4.69, 9.17) is 9.72 Å². The molecule has 0 fully saturated rings. The number of hydrogen-bond acceptors (Lipinski definition) is 6. The van der Waals surface area contributed by atoms with E-state index in [0.29, 0.717) is 41.5 Å². The van der Waals surface area contributed by atoms with Crippen LogP contribution in [0.3, 0.4) is 0 Å². The van der Waals surface area contributed by atoms with Crippen molar-refractivity contribution in [1.29, 1.82) is 0 Å². The highest BCUT2D eigenvalue weighted by molar-refractivity contribution is 7.99. The first-order chi connectivity index (χ1) is 16.7. The van der Waals surface area contributed by atoms with Crippen molar-refractivity contribution in [3.8, 4) is 10.4 Å². The molecule has 8 heteroatoms. The Balaban J connectivity index is 1.44. The van der Waals surface area contributed by atoms with E-state index in [1.807, 2.05) is 59.5 Å². The van der Waals surface area contributed by atoms with Gasteiger partial charge < -0.3 is 9.64 Å². The third-order valence-corrected chi connectivity index (χ3v) is 7.96. The van der Waals surface area contributed by atoms with Crippen molar-refractivity contribution in [2.75, 3.05) is 30.9 Å². The molecular weight excluding hydrogens is 466 g/mol. The number of amides is 1. The summed E-state index contributed by atoms with van der Waals surface area (Å²) in [6.45, 7) is 1.74. The van der Waals surface area contributed by atoms with Crippen LogP contribution >= 0.6 is 23.1 Å². The molecular formula is C26H25N3O3S2. The summed E-state index contributed by atoms with van der Waals surface area (Å²) in [4.78, 5) is 34.9. The summed E-state index contributed by atoms with van der Waals surface area (Å²) >= 11 is 2.84. The zero-order valence-corrected chi connectivity index (χ0v) is 20.5. The van der Waals surface area contributed by atoms with Crippen molar-refractivity contribution < 1.29 is 9.53 Å². The lowest BCUT2D eigenvalue weighted by Crippen LogP contribution is -2.31. The molecule has 0 N–H and O–H groups in total. The fourth-order valence-electron chi connectivity index (χ4n) is 4.22. The number of benzene rings is 2. The average Bonchev–Trinajstić information content (AvgIpc) is 3.49. The van der Waals surface area contributed by atoms with E-state index >= 15 is 0 Å². The fraction of sp³-hybridized carbons (Fsp3) is 0.269. The zero-order valence-electron chi connectivity index (χ0n) is 18.9. The van der Waals surface area contributed by atoms with Gasteiger partial charge in [0.15, 0.2) is 5.16 Å². The summed E-state index contributed by atoms with van der Waals surface area (Å²) in [5.41, 5.74) is 3.18. The number of methoxy groups -OCH3 is 1. The monoisotopic (exact) mass is 491 g/mol. The maximum atomic E-state index is 13.4. The minimum atomic E-state index is -0.0685. The predicted molar refractivity (Wildman–Crippen MR) is 139 cm³/mol. The molecule has 34 heavy (non-hydrogen) atoms. The predicted octanol–water partition coefficient (Wildman–Crippen LogP) is 4.84. The number of nitrogens with zero attached hydrogens (tertiary/aromatic N) is 3. The summed E-state index contributed by atoms with van der Waals surface area (Å²) in [7, 11) is 1.65. The maximum absolute atomic E-state index is 13.4. The molecule has 0 spiro atoms. The molecule has 4 aromatic rings. The molecule has 0 aliphatic carbocycles. The molecule has 0 saturated carbocycles. The molecule has 0 unspecified atom stereocenters. The number of para-hydroxylation sites is 1. The molecule has 2 aromatic heterocycles. The molecule has 5 rings (SSSR count). The van der Waals surface area contributed by atoms with E-state index in [-0.39, 0.29) is 17.2 Å². The van der Waals surface area contributed by atoms with Crippen LogP contribution in [0.2, 0.25) is 0 Å². The van der Waals surface area contributed by atoms with Crippen molar-refractivity contribution >= 4 is 44.9 Å². The first kappa shape index (κ1) is 22.8. The molecule has 1 amide bonds. The number of ether oxygens (including phenoxy) is 1. The van der Waals surface area contributed by atoms with Crippen LogP contribution < -0.4 is 10.5 Å². The second kappa shape index (κ2) is 10.1. The largest absolute Gasteiger partial charge is 0.385 e. The molecule has 2 aromatic carbocycles. The molecule has 174 valence electrons. The lowest BCUT2D eigenvalue weighted by molar-refractivity contribution is -0.116. The average molecular weight is 492 g/mol. The summed E-state index contributed by atoms with van der Waals surface area (Å²) in [6, 6.07) is 20.0. The Morgan fingerprint density at radius 2 is 1.94 bits per heavy atom. The second-order valence-electron chi connectivity index (χ2n) is 8.11. The highest BCUT2D eigenvalue weighted by Crippen LogP contribution is 2.33. The van der Waals surface area contributed by atoms with E-state index in [1.54, 1.807) is 11.7 Å². The van der Waals surface area contributed by atoms with Gasteiger partial charge in [-0.3, -0.25) is 14.2 Å². The molecule has 1 aliphatic rings. The van der Waals surface area contributed by atoms with Crippen molar-refractivity contribution in [2.24, 2.45) is 0 Å². The van der Waals surface area contributed by atoms with Crippen LogP contribution in [0, 0.1) is 0 Å². The minimum absolute atomic E-state index is 0.0314. The van der Waals surface area contributed by atoms with Crippen LogP contribution in [-0.4, -0.2) is 41.5 Å². The van der Waals surface area contributed by atoms with Crippen molar-refractivity contribution in [3.05, 3.63) is 76.6 Å². The number of aromatic nitrogens is 2. The van der Waals surface area contributed by atoms with E-state index in [1.165, 1.54) is 28.7 Å². The lowest BCUT2D eigenvalue weighted by Gasteiger charge is -2.17. The highest BCUT2D eigenvalue weighted by atomic mass is 32.2. The molecule has 6 nitrogen and oxygen atoms in total. The number of carbonyl (C=O) groups is 1. The molecule has 1 aliphatic heterocycles. The number of fused-ring (bicyclic) bond motifs is 2. The molecule has 0 atom stereocenters. The number of thioether (sulfide) groups is 1. The van der Waals surface area contributed by atoms with Gasteiger partial charge in [-0.15, -0.1) is 11.3 Å². The van der Waals surface area contributed by atoms with Crippen LogP contribution in [0.25, 0.3) is 20.7 Å². The quantitative estimate of drug-likeness (QED) is 0.200. The van der Waals surface area contributed by atoms with Gasteiger partial charge in [-0.2, -0.15) is 0 Å². The van der Waals surface area contributed by atoms with Gasteiger partial charge in [0.1, 0.15) is 4.83 Å². The smallest absolute Gasteiger partial charge is 0.262 e. The topological polar surface area (TPSA) is 64.4 Å². The Kier molecular flexibility index (Phi) is 6.80. The molecule has 0 saturated heterocycles. The third-order valence-electron chi connectivity index (χ3n) is 5.92. The first-order valence-electron chi connectivity index (χ1n) is 11.3. The summed E-state index contributed by atoms with van der Waals surface area (Å²) in [5.74, 6) is 0.261. The van der Waals surface area contributed by atoms with E-state index < -0.39 is 0 Å². The van der Waals surface area contributed by atoms with Gasteiger partial charge in [0.25, 0.3) is 5.56 Å². The Morgan fingerprint density at radius 1 is 1.15 bits per heavy atom. The minimum Gasteiger partial charge on any atom is -0.385 e. The van der Waals surface area contributed by atoms with Gasteiger partial charge in [-0.25, -0.2) is 4.98 Å². The number of carbonyl (C=O) groups excluding carboxylic acids is 1. The molecule has 3 heterocycles. The van der Waals surface area contributed by atoms with Crippen LogP contribution in [0.1, 0.15) is 12.0 Å². The lowest BCUT2D eigenvalue weighted by atomic mass is 10.2. The molecule has 0 radical (unpaired) electrons. The first-order valence-corrected chi connectivity index (χ1v) is 13.1. The van der Waals surface area contributed by atoms with Crippen LogP contribution in [-0.2, 0) is 22.5 Å². The van der Waals surface area contributed by atoms with Crippen LogP contribution in [0.5, 0.6) is 0 Å². The van der Waals surface area contributed by atoms with E-state index in [9.17, 15) is 9.59 Å². The van der Waals surface area contributed by atoms with Crippen LogP contribution in [0.4, 0.5) is 5.69 Å². The van der Waals surface area contributed by atoms with E-state index in [0.717, 1.165) is 22.5 Å². The Hall–Kier alpha value is -2.94. The Morgan fingerprint density at radius 3 is 2.76 bits per heavy atom. The highest BCUT2D eigenvalue weighted by Gasteiger charge is 2.25. The fourth-order valence-corrected chi connectivity index (χ4v) is 6.20. The third kappa shape index (κ3) is 4.53. The standard InChI is InChI=1S/C26H25N3O3S2/c1-32-15-7-13-29-25(31)20-16-22(19-9-3-2-4-10-19)34-24(20)27-26(29)33-17-23(30)28-14-12-18-8-5-6-11-21(18)28/h2-6,8-11,16H,7,12-15,17H2,1H3. The SMILES string of the molecule is COCCCn1c(SCC(=O)N2CCc3ccccc32)nc2sc(-c3ccccc3)cc2c1=O. The van der Waals surface area contributed by atoms with Gasteiger partial charge in [-0.05, 0) is 36.1 Å².